The summed E-state index contributed by atoms with van der Waals surface area (Å²) in [5.74, 6) is -0.221. The van der Waals surface area contributed by atoms with Crippen LogP contribution in [0.5, 0.6) is 5.75 Å². The van der Waals surface area contributed by atoms with Gasteiger partial charge in [0, 0.05) is 25.3 Å². The average Bonchev–Trinajstić information content (AvgIpc) is 3.22. The molecule has 2 aliphatic heterocycles. The molecule has 29 heavy (non-hydrogen) atoms. The highest BCUT2D eigenvalue weighted by Crippen LogP contribution is 2.41. The zero-order chi connectivity index (χ0) is 21.0. The van der Waals surface area contributed by atoms with E-state index >= 15 is 0 Å². The molecule has 2 aliphatic rings. The second kappa shape index (κ2) is 9.55. The molecule has 1 aromatic rings. The van der Waals surface area contributed by atoms with Crippen molar-refractivity contribution in [3.63, 3.8) is 0 Å². The van der Waals surface area contributed by atoms with Gasteiger partial charge in [-0.3, -0.25) is 4.79 Å². The number of hydrogen-bond donors (Lipinski definition) is 0. The Bertz CT molecular complexity index is 837. The fourth-order valence-corrected chi connectivity index (χ4v) is 4.98. The van der Waals surface area contributed by atoms with Crippen LogP contribution in [0, 0.1) is 5.82 Å². The molecule has 2 heterocycles. The van der Waals surface area contributed by atoms with E-state index in [9.17, 15) is 9.18 Å². The third-order valence-corrected chi connectivity index (χ3v) is 7.16. The largest absolute Gasteiger partial charge is 0.494 e. The molecule has 1 amide bonds. The van der Waals surface area contributed by atoms with Gasteiger partial charge in [-0.15, -0.1) is 0 Å². The smallest absolute Gasteiger partial charge is 0.214 e. The predicted octanol–water partition coefficient (Wildman–Crippen LogP) is 3.71. The van der Waals surface area contributed by atoms with Gasteiger partial charge in [-0.1, -0.05) is 26.8 Å². The van der Waals surface area contributed by atoms with Gasteiger partial charge in [-0.25, -0.2) is 4.39 Å². The number of hydrogen-bond acceptors (Lipinski definition) is 4. The second-order valence-electron chi connectivity index (χ2n) is 7.46. The molecule has 0 N–H and O–H groups in total. The lowest BCUT2D eigenvalue weighted by molar-refractivity contribution is -0.116. The molecule has 3 atom stereocenters. The van der Waals surface area contributed by atoms with Gasteiger partial charge in [0.2, 0.25) is 6.41 Å². The Morgan fingerprint density at radius 2 is 2.17 bits per heavy atom. The maximum absolute atomic E-state index is 14.1. The highest BCUT2D eigenvalue weighted by Gasteiger charge is 2.27. The van der Waals surface area contributed by atoms with E-state index in [2.05, 4.69) is 36.0 Å². The summed E-state index contributed by atoms with van der Waals surface area (Å²) in [7, 11) is 5.98. The van der Waals surface area contributed by atoms with Gasteiger partial charge >= 0.3 is 0 Å². The number of carbonyl (C=O) groups excluding carboxylic acids is 1. The molecule has 0 radical (unpaired) electrons. The van der Waals surface area contributed by atoms with Gasteiger partial charge in [0.15, 0.2) is 11.6 Å². The minimum atomic E-state index is -0.382. The minimum absolute atomic E-state index is 0.0696. The van der Waals surface area contributed by atoms with Crippen LogP contribution in [0.3, 0.4) is 0 Å². The number of likely N-dealkylation sites (N-methyl/N-ethyl adjacent to an activating group) is 1. The Balaban J connectivity index is 1.72. The average molecular weight is 417 g/mol. The number of carbonyl (C=O) groups is 1. The van der Waals surface area contributed by atoms with Crippen LogP contribution in [0.15, 0.2) is 48.3 Å². The molecule has 0 aromatic heterocycles. The van der Waals surface area contributed by atoms with Crippen molar-refractivity contribution in [3.8, 4) is 5.75 Å². The number of rotatable bonds is 7. The van der Waals surface area contributed by atoms with E-state index in [-0.39, 0.29) is 17.3 Å². The highest BCUT2D eigenvalue weighted by molar-refractivity contribution is 7.51. The number of nitrogens with zero attached hydrogens (tertiary/aromatic N) is 3. The first-order valence-corrected chi connectivity index (χ1v) is 10.9. The fourth-order valence-electron chi connectivity index (χ4n) is 3.70. The summed E-state index contributed by atoms with van der Waals surface area (Å²) in [6.45, 7) is 3.90. The molecule has 0 bridgehead atoms. The van der Waals surface area contributed by atoms with E-state index in [1.807, 2.05) is 25.3 Å². The zero-order valence-electron chi connectivity index (χ0n) is 17.4. The number of amides is 1. The maximum Gasteiger partial charge on any atom is 0.214 e. The van der Waals surface area contributed by atoms with Crippen LogP contribution in [0.25, 0.3) is 5.31 Å². The first kappa shape index (κ1) is 21.5. The van der Waals surface area contributed by atoms with Crippen LogP contribution < -0.4 is 4.74 Å². The minimum Gasteiger partial charge on any atom is -0.494 e. The third kappa shape index (κ3) is 4.88. The predicted molar refractivity (Wildman–Crippen MR) is 117 cm³/mol. The van der Waals surface area contributed by atoms with Gasteiger partial charge in [0.1, 0.15) is 0 Å². The molecular formula is C22H29FN3O2P. The molecule has 0 saturated carbocycles. The zero-order valence-corrected chi connectivity index (χ0v) is 18.4. The number of likely N-dealkylation sites (tertiary alicyclic amines) is 1. The van der Waals surface area contributed by atoms with Gasteiger partial charge in [0.25, 0.3) is 0 Å². The Morgan fingerprint density at radius 3 is 2.76 bits per heavy atom. The summed E-state index contributed by atoms with van der Waals surface area (Å²) in [6, 6.07) is 5.52. The summed E-state index contributed by atoms with van der Waals surface area (Å²) in [5.41, 5.74) is 1.88. The molecule has 3 rings (SSSR count). The summed E-state index contributed by atoms with van der Waals surface area (Å²) in [4.78, 5) is 18.1. The first-order chi connectivity index (χ1) is 14.0. The molecule has 1 aromatic carbocycles. The van der Waals surface area contributed by atoms with Gasteiger partial charge in [0.05, 0.1) is 18.6 Å². The molecule has 0 spiro atoms. The summed E-state index contributed by atoms with van der Waals surface area (Å²) in [5, 5.41) is 1.01. The number of ether oxygens (including phenoxy) is 1. The van der Waals surface area contributed by atoms with Crippen molar-refractivity contribution in [1.82, 2.24) is 14.7 Å². The topological polar surface area (TPSA) is 36.0 Å². The van der Waals surface area contributed by atoms with Crippen molar-refractivity contribution in [2.24, 2.45) is 0 Å². The lowest BCUT2D eigenvalue weighted by Crippen LogP contribution is -2.33. The molecule has 156 valence electrons. The molecule has 2 unspecified atom stereocenters. The van der Waals surface area contributed by atoms with E-state index in [1.54, 1.807) is 11.0 Å². The lowest BCUT2D eigenvalue weighted by Gasteiger charge is -2.31. The van der Waals surface area contributed by atoms with Crippen molar-refractivity contribution in [1.29, 1.82) is 0 Å². The van der Waals surface area contributed by atoms with E-state index in [0.717, 1.165) is 42.5 Å². The van der Waals surface area contributed by atoms with Gasteiger partial charge in [-0.05, 0) is 56.5 Å². The van der Waals surface area contributed by atoms with Crippen LogP contribution in [0.4, 0.5) is 4.39 Å². The number of methoxy groups -OCH3 is 1. The lowest BCUT2D eigenvalue weighted by atomic mass is 10.2. The van der Waals surface area contributed by atoms with Crippen LogP contribution in [0.2, 0.25) is 0 Å². The Kier molecular flexibility index (Phi) is 7.09. The van der Waals surface area contributed by atoms with E-state index in [1.165, 1.54) is 13.2 Å². The highest BCUT2D eigenvalue weighted by atomic mass is 31.1. The van der Waals surface area contributed by atoms with Crippen molar-refractivity contribution in [2.45, 2.75) is 25.2 Å². The molecule has 1 fully saturated rings. The second-order valence-corrected chi connectivity index (χ2v) is 8.88. The van der Waals surface area contributed by atoms with Crippen molar-refractivity contribution in [3.05, 3.63) is 59.7 Å². The monoisotopic (exact) mass is 417 g/mol. The number of halogens is 1. The van der Waals surface area contributed by atoms with E-state index < -0.39 is 0 Å². The summed E-state index contributed by atoms with van der Waals surface area (Å²) in [6.07, 6.45) is 10.1. The molecule has 1 saturated heterocycles. The SMILES string of the molecule is C/C=C(\PC1C=CC(N2CC[C@H](N(C)C)C2)=CN1C=O)c1ccc(OC)c(F)c1. The van der Waals surface area contributed by atoms with Crippen LogP contribution in [-0.4, -0.2) is 67.2 Å². The summed E-state index contributed by atoms with van der Waals surface area (Å²) >= 11 is 0. The third-order valence-electron chi connectivity index (χ3n) is 5.49. The van der Waals surface area contributed by atoms with Crippen molar-refractivity contribution in [2.75, 3.05) is 34.3 Å². The van der Waals surface area contributed by atoms with Crippen molar-refractivity contribution >= 4 is 20.3 Å². The van der Waals surface area contributed by atoms with E-state index in [4.69, 9.17) is 4.74 Å². The molecule has 5 nitrogen and oxygen atoms in total. The van der Waals surface area contributed by atoms with Crippen molar-refractivity contribution < 1.29 is 13.9 Å². The molecule has 7 heteroatoms. The van der Waals surface area contributed by atoms with Crippen LogP contribution in [0.1, 0.15) is 18.9 Å². The molecular weight excluding hydrogens is 388 g/mol. The van der Waals surface area contributed by atoms with Gasteiger partial charge < -0.3 is 19.4 Å². The molecule has 0 aliphatic carbocycles. The van der Waals surface area contributed by atoms with Crippen LogP contribution in [-0.2, 0) is 4.79 Å². The maximum atomic E-state index is 14.1. The van der Waals surface area contributed by atoms with E-state index in [0.29, 0.717) is 14.6 Å². The number of allylic oxidation sites excluding steroid dienone is 2. The summed E-state index contributed by atoms with van der Waals surface area (Å²) < 4.78 is 19.1. The number of benzene rings is 1. The first-order valence-electron chi connectivity index (χ1n) is 9.77. The van der Waals surface area contributed by atoms with Gasteiger partial charge in [-0.2, -0.15) is 0 Å². The fraction of sp³-hybridized carbons (Fsp3) is 0.409. The normalized spacial score (nSPS) is 22.7. The standard InChI is InChI=1S/C22H29FN3O2P/c1-5-21(16-6-8-20(28-4)19(23)12-16)29-22-9-7-18(14-26(22)15-27)25-11-10-17(13-25)24(2)3/h5-9,12,14-15,17,22,29H,10-11,13H2,1-4H3/b21-5-/t17-,22?/m0/s1. The van der Waals surface area contributed by atoms with Crippen LogP contribution >= 0.6 is 8.58 Å². The quantitative estimate of drug-likeness (QED) is 0.501. The Labute approximate surface area is 174 Å². The Morgan fingerprint density at radius 1 is 1.38 bits per heavy atom. The Hall–Kier alpha value is -2.17.